The largest absolute Gasteiger partial charge is 0.342 e. The topological polar surface area (TPSA) is 37.4 Å². The molecule has 0 bridgehead atoms. The van der Waals surface area contributed by atoms with Crippen LogP contribution in [-0.2, 0) is 9.59 Å². The predicted octanol–water partition coefficient (Wildman–Crippen LogP) is 2.00. The van der Waals surface area contributed by atoms with Crippen LogP contribution in [0.3, 0.4) is 0 Å². The van der Waals surface area contributed by atoms with Crippen LogP contribution in [0, 0.1) is 5.92 Å². The number of ketones is 1. The fourth-order valence-electron chi connectivity index (χ4n) is 2.03. The molecule has 3 heteroatoms. The Kier molecular flexibility index (Phi) is 4.79. The quantitative estimate of drug-likeness (QED) is 0.713. The molecule has 0 spiro atoms. The Morgan fingerprint density at radius 2 is 2.20 bits per heavy atom. The normalized spacial score (nSPS) is 22.7. The van der Waals surface area contributed by atoms with E-state index in [0.29, 0.717) is 25.3 Å². The van der Waals surface area contributed by atoms with E-state index in [0.717, 1.165) is 25.8 Å². The van der Waals surface area contributed by atoms with Crippen molar-refractivity contribution in [2.75, 3.05) is 13.1 Å². The van der Waals surface area contributed by atoms with E-state index < -0.39 is 0 Å². The maximum Gasteiger partial charge on any atom is 0.222 e. The molecule has 0 saturated carbocycles. The van der Waals surface area contributed by atoms with Crippen LogP contribution >= 0.6 is 0 Å². The van der Waals surface area contributed by atoms with E-state index in [2.05, 4.69) is 6.92 Å². The zero-order valence-electron chi connectivity index (χ0n) is 9.79. The zero-order valence-corrected chi connectivity index (χ0v) is 9.79. The average molecular weight is 211 g/mol. The molecule has 1 saturated heterocycles. The first-order valence-corrected chi connectivity index (χ1v) is 5.90. The van der Waals surface area contributed by atoms with Crippen LogP contribution in [0.5, 0.6) is 0 Å². The van der Waals surface area contributed by atoms with Gasteiger partial charge in [-0.05, 0) is 25.7 Å². The van der Waals surface area contributed by atoms with Crippen molar-refractivity contribution >= 4 is 11.7 Å². The van der Waals surface area contributed by atoms with Crippen molar-refractivity contribution in [3.8, 4) is 0 Å². The summed E-state index contributed by atoms with van der Waals surface area (Å²) in [6.07, 6.45) is 4.44. The Balaban J connectivity index is 2.42. The maximum atomic E-state index is 11.7. The van der Waals surface area contributed by atoms with Gasteiger partial charge in [-0.15, -0.1) is 0 Å². The second-order valence-electron chi connectivity index (χ2n) is 4.43. The standard InChI is InChI=1S/C12H21NO2/c1-3-11-4-5-12(15)13(9-7-11)8-6-10(2)14/h11H,3-9H2,1-2H3. The number of Topliss-reactive ketones (excluding diaryl/α,β-unsaturated/α-hetero) is 1. The highest BCUT2D eigenvalue weighted by Crippen LogP contribution is 2.20. The number of rotatable bonds is 4. The molecule has 0 aromatic rings. The van der Waals surface area contributed by atoms with Crippen LogP contribution in [0.2, 0.25) is 0 Å². The Bertz CT molecular complexity index is 238. The summed E-state index contributed by atoms with van der Waals surface area (Å²) in [5.41, 5.74) is 0. The number of likely N-dealkylation sites (tertiary alicyclic amines) is 1. The van der Waals surface area contributed by atoms with E-state index in [1.807, 2.05) is 4.90 Å². The predicted molar refractivity (Wildman–Crippen MR) is 59.5 cm³/mol. The minimum atomic E-state index is 0.166. The van der Waals surface area contributed by atoms with Crippen molar-refractivity contribution in [3.63, 3.8) is 0 Å². The van der Waals surface area contributed by atoms with Gasteiger partial charge in [0, 0.05) is 25.9 Å². The first kappa shape index (κ1) is 12.2. The lowest BCUT2D eigenvalue weighted by atomic mass is 9.98. The van der Waals surface area contributed by atoms with Gasteiger partial charge in [-0.25, -0.2) is 0 Å². The molecular weight excluding hydrogens is 190 g/mol. The number of carbonyl (C=O) groups excluding carboxylic acids is 2. The van der Waals surface area contributed by atoms with Crippen LogP contribution in [0.1, 0.15) is 46.0 Å². The van der Waals surface area contributed by atoms with Crippen molar-refractivity contribution in [1.29, 1.82) is 0 Å². The lowest BCUT2D eigenvalue weighted by Gasteiger charge is -2.19. The summed E-state index contributed by atoms with van der Waals surface area (Å²) in [5, 5.41) is 0. The number of carbonyl (C=O) groups is 2. The van der Waals surface area contributed by atoms with Crippen LogP contribution in [0.4, 0.5) is 0 Å². The molecule has 1 rings (SSSR count). The first-order valence-electron chi connectivity index (χ1n) is 5.90. The lowest BCUT2D eigenvalue weighted by molar-refractivity contribution is -0.131. The lowest BCUT2D eigenvalue weighted by Crippen LogP contribution is -2.32. The molecule has 0 N–H and O–H groups in total. The molecule has 1 heterocycles. The van der Waals surface area contributed by atoms with Crippen LogP contribution in [0.25, 0.3) is 0 Å². The van der Waals surface area contributed by atoms with Crippen molar-refractivity contribution in [1.82, 2.24) is 4.90 Å². The number of hydrogen-bond donors (Lipinski definition) is 0. The Labute approximate surface area is 91.8 Å². The van der Waals surface area contributed by atoms with Gasteiger partial charge in [-0.1, -0.05) is 13.3 Å². The van der Waals surface area contributed by atoms with E-state index in [1.165, 1.54) is 0 Å². The number of amides is 1. The van der Waals surface area contributed by atoms with Crippen LogP contribution in [0.15, 0.2) is 0 Å². The highest BCUT2D eigenvalue weighted by Gasteiger charge is 2.21. The van der Waals surface area contributed by atoms with Crippen molar-refractivity contribution in [2.24, 2.45) is 5.92 Å². The Morgan fingerprint density at radius 3 is 2.80 bits per heavy atom. The van der Waals surface area contributed by atoms with Gasteiger partial charge in [0.1, 0.15) is 5.78 Å². The molecule has 86 valence electrons. The minimum Gasteiger partial charge on any atom is -0.342 e. The van der Waals surface area contributed by atoms with Gasteiger partial charge < -0.3 is 4.90 Å². The smallest absolute Gasteiger partial charge is 0.222 e. The molecule has 0 aromatic heterocycles. The third-order valence-electron chi connectivity index (χ3n) is 3.24. The summed E-state index contributed by atoms with van der Waals surface area (Å²) in [7, 11) is 0. The molecule has 1 amide bonds. The minimum absolute atomic E-state index is 0.166. The second kappa shape index (κ2) is 5.89. The van der Waals surface area contributed by atoms with E-state index >= 15 is 0 Å². The van der Waals surface area contributed by atoms with Crippen molar-refractivity contribution < 1.29 is 9.59 Å². The average Bonchev–Trinajstić information content (AvgIpc) is 2.37. The van der Waals surface area contributed by atoms with Gasteiger partial charge in [0.2, 0.25) is 5.91 Å². The molecule has 0 aromatic carbocycles. The molecule has 3 nitrogen and oxygen atoms in total. The van der Waals surface area contributed by atoms with Gasteiger partial charge in [-0.2, -0.15) is 0 Å². The van der Waals surface area contributed by atoms with E-state index in [1.54, 1.807) is 6.92 Å². The highest BCUT2D eigenvalue weighted by molar-refractivity contribution is 5.79. The summed E-state index contributed by atoms with van der Waals surface area (Å²) in [6, 6.07) is 0. The molecule has 1 aliphatic rings. The third-order valence-corrected chi connectivity index (χ3v) is 3.24. The molecular formula is C12H21NO2. The SMILES string of the molecule is CCC1CCC(=O)N(CCC(C)=O)CC1. The zero-order chi connectivity index (χ0) is 11.3. The van der Waals surface area contributed by atoms with Crippen LogP contribution in [-0.4, -0.2) is 29.7 Å². The third kappa shape index (κ3) is 4.02. The van der Waals surface area contributed by atoms with Gasteiger partial charge in [0.25, 0.3) is 0 Å². The molecule has 1 aliphatic heterocycles. The van der Waals surface area contributed by atoms with Gasteiger partial charge in [0.15, 0.2) is 0 Å². The fraction of sp³-hybridized carbons (Fsp3) is 0.833. The molecule has 0 radical (unpaired) electrons. The fourth-order valence-corrected chi connectivity index (χ4v) is 2.03. The van der Waals surface area contributed by atoms with Crippen molar-refractivity contribution in [3.05, 3.63) is 0 Å². The van der Waals surface area contributed by atoms with Crippen molar-refractivity contribution in [2.45, 2.75) is 46.0 Å². The summed E-state index contributed by atoms with van der Waals surface area (Å²) in [4.78, 5) is 24.4. The molecule has 0 aliphatic carbocycles. The van der Waals surface area contributed by atoms with Gasteiger partial charge in [-0.3, -0.25) is 9.59 Å². The second-order valence-corrected chi connectivity index (χ2v) is 4.43. The highest BCUT2D eigenvalue weighted by atomic mass is 16.2. The summed E-state index contributed by atoms with van der Waals surface area (Å²) in [6.45, 7) is 5.22. The Morgan fingerprint density at radius 1 is 1.47 bits per heavy atom. The van der Waals surface area contributed by atoms with E-state index in [4.69, 9.17) is 0 Å². The monoisotopic (exact) mass is 211 g/mol. The molecule has 1 unspecified atom stereocenters. The first-order chi connectivity index (χ1) is 7.13. The van der Waals surface area contributed by atoms with E-state index in [9.17, 15) is 9.59 Å². The number of hydrogen-bond acceptors (Lipinski definition) is 2. The van der Waals surface area contributed by atoms with Gasteiger partial charge >= 0.3 is 0 Å². The summed E-state index contributed by atoms with van der Waals surface area (Å²) >= 11 is 0. The molecule has 1 fully saturated rings. The molecule has 15 heavy (non-hydrogen) atoms. The summed E-state index contributed by atoms with van der Waals surface area (Å²) < 4.78 is 0. The molecule has 1 atom stereocenters. The summed E-state index contributed by atoms with van der Waals surface area (Å²) in [5.74, 6) is 1.09. The maximum absolute atomic E-state index is 11.7. The van der Waals surface area contributed by atoms with Gasteiger partial charge in [0.05, 0.1) is 0 Å². The van der Waals surface area contributed by atoms with E-state index in [-0.39, 0.29) is 11.7 Å². The number of nitrogens with zero attached hydrogens (tertiary/aromatic N) is 1. The Hall–Kier alpha value is -0.860. The van der Waals surface area contributed by atoms with Crippen LogP contribution < -0.4 is 0 Å².